The van der Waals surface area contributed by atoms with Crippen molar-refractivity contribution in [2.45, 2.75) is 26.4 Å². The molecule has 0 saturated heterocycles. The minimum Gasteiger partial charge on any atom is -0.342 e. The maximum absolute atomic E-state index is 12.3. The molecule has 0 spiro atoms. The number of amides is 1. The summed E-state index contributed by atoms with van der Waals surface area (Å²) in [5.74, 6) is 0.377. The van der Waals surface area contributed by atoms with Crippen molar-refractivity contribution >= 4 is 41.3 Å². The first kappa shape index (κ1) is 16.0. The Balaban J connectivity index is 2.20. The monoisotopic (exact) mass is 344 g/mol. The first-order valence-corrected chi connectivity index (χ1v) is 7.51. The summed E-state index contributed by atoms with van der Waals surface area (Å²) in [6.45, 7) is 4.46. The topological polar surface area (TPSA) is 62.7 Å². The number of carbonyl (C=O) groups excluding carboxylic acids is 1. The molecule has 2 aromatic rings. The number of aromatic nitrogens is 3. The average molecular weight is 345 g/mol. The van der Waals surface area contributed by atoms with Crippen LogP contribution in [0.3, 0.4) is 0 Å². The number of benzene rings is 1. The highest BCUT2D eigenvalue weighted by Crippen LogP contribution is 2.21. The second-order valence-corrected chi connectivity index (χ2v) is 5.68. The number of aromatic amines is 1. The number of H-pyrrole nitrogens is 1. The van der Waals surface area contributed by atoms with Crippen molar-refractivity contribution in [2.24, 2.45) is 0 Å². The Hall–Kier alpha value is -1.37. The number of halogens is 2. The lowest BCUT2D eigenvalue weighted by atomic mass is 10.2. The first-order valence-electron chi connectivity index (χ1n) is 6.35. The molecular weight excluding hydrogens is 331 g/mol. The fourth-order valence-electron chi connectivity index (χ4n) is 1.98. The van der Waals surface area contributed by atoms with Gasteiger partial charge in [0.1, 0.15) is 0 Å². The number of hydrogen-bond donors (Lipinski definition) is 2. The van der Waals surface area contributed by atoms with E-state index in [2.05, 4.69) is 15.5 Å². The largest absolute Gasteiger partial charge is 0.342 e. The quantitative estimate of drug-likeness (QED) is 0.830. The van der Waals surface area contributed by atoms with Crippen LogP contribution in [0.25, 0.3) is 0 Å². The fraction of sp³-hybridized carbons (Fsp3) is 0.308. The summed E-state index contributed by atoms with van der Waals surface area (Å²) in [6, 6.07) is 4.43. The smallest absolute Gasteiger partial charge is 0.253 e. The molecule has 1 aromatic carbocycles. The van der Waals surface area contributed by atoms with Crippen molar-refractivity contribution < 1.29 is 4.79 Å². The molecule has 0 aliphatic carbocycles. The van der Waals surface area contributed by atoms with Gasteiger partial charge in [0.05, 0.1) is 16.6 Å². The Morgan fingerprint density at radius 1 is 1.52 bits per heavy atom. The third-order valence-corrected chi connectivity index (χ3v) is 3.87. The van der Waals surface area contributed by atoms with Crippen molar-refractivity contribution in [2.75, 3.05) is 0 Å². The summed E-state index contributed by atoms with van der Waals surface area (Å²) in [6.07, 6.45) is 0. The van der Waals surface area contributed by atoms with Gasteiger partial charge in [-0.15, -0.1) is 0 Å². The van der Waals surface area contributed by atoms with Gasteiger partial charge in [-0.25, -0.2) is 0 Å². The second kappa shape index (κ2) is 6.60. The minimum absolute atomic E-state index is 0.291. The fourth-order valence-corrected chi connectivity index (χ4v) is 2.74. The van der Waals surface area contributed by atoms with Crippen LogP contribution in [0.2, 0.25) is 10.0 Å². The van der Waals surface area contributed by atoms with Gasteiger partial charge in [-0.1, -0.05) is 23.2 Å². The van der Waals surface area contributed by atoms with E-state index in [0.29, 0.717) is 32.7 Å². The molecule has 112 valence electrons. The molecule has 8 heteroatoms. The van der Waals surface area contributed by atoms with E-state index >= 15 is 0 Å². The third-order valence-electron chi connectivity index (χ3n) is 3.01. The van der Waals surface area contributed by atoms with Crippen LogP contribution in [0, 0.1) is 4.77 Å². The molecule has 0 aliphatic heterocycles. The molecule has 1 amide bonds. The summed E-state index contributed by atoms with van der Waals surface area (Å²) in [7, 11) is 0. The molecular formula is C13H14Cl2N4OS. The predicted molar refractivity (Wildman–Crippen MR) is 85.4 cm³/mol. The van der Waals surface area contributed by atoms with E-state index in [1.807, 2.05) is 18.4 Å². The zero-order valence-corrected chi connectivity index (χ0v) is 13.8. The van der Waals surface area contributed by atoms with Crippen LogP contribution in [0.4, 0.5) is 0 Å². The Morgan fingerprint density at radius 2 is 2.24 bits per heavy atom. The van der Waals surface area contributed by atoms with E-state index in [1.165, 1.54) is 6.07 Å². The van der Waals surface area contributed by atoms with Crippen molar-refractivity contribution in [3.05, 3.63) is 44.4 Å². The van der Waals surface area contributed by atoms with Gasteiger partial charge in [-0.3, -0.25) is 9.89 Å². The maximum atomic E-state index is 12.3. The van der Waals surface area contributed by atoms with Crippen LogP contribution in [-0.2, 0) is 6.54 Å². The molecule has 21 heavy (non-hydrogen) atoms. The van der Waals surface area contributed by atoms with E-state index < -0.39 is 0 Å². The standard InChI is InChI=1S/C13H14Cl2N4OS/c1-3-19-11(17-18-13(19)21)7(2)16-12(20)9-5-4-8(14)6-10(9)15/h4-7H,3H2,1-2H3,(H,16,20)(H,18,21). The highest BCUT2D eigenvalue weighted by molar-refractivity contribution is 7.71. The molecule has 5 nitrogen and oxygen atoms in total. The van der Waals surface area contributed by atoms with E-state index in [0.717, 1.165) is 0 Å². The predicted octanol–water partition coefficient (Wildman–Crippen LogP) is 3.76. The van der Waals surface area contributed by atoms with E-state index in [1.54, 1.807) is 12.1 Å². The lowest BCUT2D eigenvalue weighted by Crippen LogP contribution is -2.29. The molecule has 0 radical (unpaired) electrons. The molecule has 0 aliphatic rings. The van der Waals surface area contributed by atoms with Crippen molar-refractivity contribution in [1.29, 1.82) is 0 Å². The molecule has 0 fully saturated rings. The van der Waals surface area contributed by atoms with Crippen LogP contribution in [-0.4, -0.2) is 20.7 Å². The molecule has 0 saturated carbocycles. The summed E-state index contributed by atoms with van der Waals surface area (Å²) in [4.78, 5) is 12.3. The van der Waals surface area contributed by atoms with Crippen molar-refractivity contribution in [3.63, 3.8) is 0 Å². The number of carbonyl (C=O) groups is 1. The zero-order chi connectivity index (χ0) is 15.6. The second-order valence-electron chi connectivity index (χ2n) is 4.45. The van der Waals surface area contributed by atoms with Gasteiger partial charge in [-0.2, -0.15) is 5.10 Å². The van der Waals surface area contributed by atoms with Gasteiger partial charge in [-0.05, 0) is 44.3 Å². The molecule has 1 aromatic heterocycles. The number of nitrogens with zero attached hydrogens (tertiary/aromatic N) is 2. The zero-order valence-electron chi connectivity index (χ0n) is 11.5. The highest BCUT2D eigenvalue weighted by Gasteiger charge is 2.18. The first-order chi connectivity index (χ1) is 9.93. The third kappa shape index (κ3) is 3.45. The van der Waals surface area contributed by atoms with Crippen LogP contribution < -0.4 is 5.32 Å². The minimum atomic E-state index is -0.308. The summed E-state index contributed by atoms with van der Waals surface area (Å²) in [5.41, 5.74) is 0.366. The van der Waals surface area contributed by atoms with Gasteiger partial charge in [0, 0.05) is 11.6 Å². The number of nitrogens with one attached hydrogen (secondary N) is 2. The molecule has 1 heterocycles. The average Bonchev–Trinajstić information content (AvgIpc) is 2.79. The summed E-state index contributed by atoms with van der Waals surface area (Å²) < 4.78 is 2.35. The summed E-state index contributed by atoms with van der Waals surface area (Å²) in [5, 5.41) is 10.5. The molecule has 1 atom stereocenters. The Labute approximate surface area is 137 Å². The lowest BCUT2D eigenvalue weighted by Gasteiger charge is -2.14. The van der Waals surface area contributed by atoms with E-state index in [4.69, 9.17) is 35.4 Å². The van der Waals surface area contributed by atoms with Gasteiger partial charge in [0.25, 0.3) is 5.91 Å². The van der Waals surface area contributed by atoms with E-state index in [9.17, 15) is 4.79 Å². The SMILES string of the molecule is CCn1c(C(C)NC(=O)c2ccc(Cl)cc2Cl)n[nH]c1=S. The maximum Gasteiger partial charge on any atom is 0.253 e. The summed E-state index contributed by atoms with van der Waals surface area (Å²) >= 11 is 17.0. The van der Waals surface area contributed by atoms with Crippen LogP contribution in [0.1, 0.15) is 36.1 Å². The molecule has 2 N–H and O–H groups in total. The Bertz CT molecular complexity index is 725. The van der Waals surface area contributed by atoms with E-state index in [-0.39, 0.29) is 11.9 Å². The number of hydrogen-bond acceptors (Lipinski definition) is 3. The van der Waals surface area contributed by atoms with Crippen molar-refractivity contribution in [1.82, 2.24) is 20.1 Å². The van der Waals surface area contributed by atoms with Gasteiger partial charge in [0.2, 0.25) is 0 Å². The van der Waals surface area contributed by atoms with Crippen LogP contribution >= 0.6 is 35.4 Å². The molecule has 1 unspecified atom stereocenters. The van der Waals surface area contributed by atoms with Gasteiger partial charge < -0.3 is 9.88 Å². The molecule has 2 rings (SSSR count). The van der Waals surface area contributed by atoms with Crippen LogP contribution in [0.15, 0.2) is 18.2 Å². The Morgan fingerprint density at radius 3 is 2.86 bits per heavy atom. The van der Waals surface area contributed by atoms with Gasteiger partial charge in [0.15, 0.2) is 10.6 Å². The molecule has 0 bridgehead atoms. The highest BCUT2D eigenvalue weighted by atomic mass is 35.5. The number of rotatable bonds is 4. The normalized spacial score (nSPS) is 12.2. The lowest BCUT2D eigenvalue weighted by molar-refractivity contribution is 0.0937. The van der Waals surface area contributed by atoms with Crippen LogP contribution in [0.5, 0.6) is 0 Å². The van der Waals surface area contributed by atoms with Crippen molar-refractivity contribution in [3.8, 4) is 0 Å². The Kier molecular flexibility index (Phi) is 5.03. The van der Waals surface area contributed by atoms with Gasteiger partial charge >= 0.3 is 0 Å².